The van der Waals surface area contributed by atoms with Gasteiger partial charge in [0.1, 0.15) is 11.7 Å². The van der Waals surface area contributed by atoms with Crippen molar-refractivity contribution in [3.05, 3.63) is 90.3 Å². The molecule has 1 N–H and O–H groups in total. The summed E-state index contributed by atoms with van der Waals surface area (Å²) in [6.07, 6.45) is 7.71. The monoisotopic (exact) mass is 416 g/mol. The highest BCUT2D eigenvalue weighted by Crippen LogP contribution is 2.18. The Kier molecular flexibility index (Phi) is 6.12. The molecule has 4 rings (SSSR count). The maximum atomic E-state index is 14.0. The van der Waals surface area contributed by atoms with Crippen LogP contribution in [0.5, 0.6) is 0 Å². The first-order chi connectivity index (χ1) is 15.1. The van der Waals surface area contributed by atoms with Crippen molar-refractivity contribution in [1.29, 1.82) is 0 Å². The third-order valence-electron chi connectivity index (χ3n) is 5.01. The number of carbonyl (C=O) groups is 2. The van der Waals surface area contributed by atoms with Crippen molar-refractivity contribution in [2.75, 3.05) is 18.4 Å². The largest absolute Gasteiger partial charge is 0.322 e. The number of urea groups is 1. The molecule has 1 aliphatic carbocycles. The van der Waals surface area contributed by atoms with E-state index < -0.39 is 17.8 Å². The number of nitrogens with zero attached hydrogens (tertiary/aromatic N) is 3. The number of carbonyl (C=O) groups excluding carboxylic acids is 2. The number of para-hydroxylation sites is 1. The first-order valence-corrected chi connectivity index (χ1v) is 9.99. The number of amides is 3. The van der Waals surface area contributed by atoms with Crippen LogP contribution in [0.2, 0.25) is 0 Å². The summed E-state index contributed by atoms with van der Waals surface area (Å²) >= 11 is 0. The number of nitrogens with one attached hydrogen (secondary N) is 1. The highest BCUT2D eigenvalue weighted by Gasteiger charge is 2.27. The van der Waals surface area contributed by atoms with Crippen molar-refractivity contribution in [2.45, 2.75) is 6.42 Å². The van der Waals surface area contributed by atoms with Gasteiger partial charge < -0.3 is 10.2 Å². The van der Waals surface area contributed by atoms with E-state index in [2.05, 4.69) is 15.3 Å². The van der Waals surface area contributed by atoms with Crippen molar-refractivity contribution in [3.63, 3.8) is 0 Å². The van der Waals surface area contributed by atoms with Crippen molar-refractivity contribution < 1.29 is 14.0 Å². The van der Waals surface area contributed by atoms with E-state index >= 15 is 0 Å². The molecule has 3 amide bonds. The number of benzene rings is 2. The van der Waals surface area contributed by atoms with E-state index in [0.29, 0.717) is 18.7 Å². The molecule has 1 atom stereocenters. The van der Waals surface area contributed by atoms with Gasteiger partial charge in [-0.15, -0.1) is 0 Å². The molecule has 6 nitrogen and oxygen atoms in total. The average molecular weight is 416 g/mol. The van der Waals surface area contributed by atoms with E-state index in [4.69, 9.17) is 0 Å². The zero-order chi connectivity index (χ0) is 21.6. The molecule has 0 spiro atoms. The number of rotatable bonds is 6. The molecule has 2 aromatic carbocycles. The number of fused-ring (bicyclic) bond motifs is 1. The van der Waals surface area contributed by atoms with Gasteiger partial charge in [-0.2, -0.15) is 4.99 Å². The maximum Gasteiger partial charge on any atom is 0.322 e. The van der Waals surface area contributed by atoms with E-state index in [0.717, 1.165) is 5.56 Å². The molecule has 0 saturated heterocycles. The lowest BCUT2D eigenvalue weighted by Gasteiger charge is -2.25. The van der Waals surface area contributed by atoms with Gasteiger partial charge in [0, 0.05) is 6.54 Å². The normalized spacial score (nSPS) is 16.9. The molecular formula is C24H21FN4O2. The van der Waals surface area contributed by atoms with Crippen LogP contribution in [0.25, 0.3) is 0 Å². The SMILES string of the molecule is O=C1N=C(CN(CCc2ccccc2)C(=O)Nc2ccccc2F)N=C2C=CC=CC12. The third-order valence-corrected chi connectivity index (χ3v) is 5.01. The van der Waals surface area contributed by atoms with Crippen LogP contribution < -0.4 is 5.32 Å². The highest BCUT2D eigenvalue weighted by molar-refractivity contribution is 6.21. The summed E-state index contributed by atoms with van der Waals surface area (Å²) in [6.45, 7) is 0.383. The Morgan fingerprint density at radius 3 is 2.61 bits per heavy atom. The standard InChI is InChI=1S/C24H21FN4O2/c25-19-11-5-7-13-21(19)27-24(31)29(15-14-17-8-2-1-3-9-17)16-22-26-20-12-6-4-10-18(20)23(30)28-22/h1-13,18H,14-16H2,(H,27,31). The van der Waals surface area contributed by atoms with Crippen LogP contribution in [-0.4, -0.2) is 41.5 Å². The second-order valence-corrected chi connectivity index (χ2v) is 7.19. The summed E-state index contributed by atoms with van der Waals surface area (Å²) in [6, 6.07) is 15.2. The molecule has 0 radical (unpaired) electrons. The molecule has 0 saturated carbocycles. The fourth-order valence-electron chi connectivity index (χ4n) is 3.38. The van der Waals surface area contributed by atoms with Gasteiger partial charge in [-0.25, -0.2) is 14.2 Å². The fraction of sp³-hybridized carbons (Fsp3) is 0.167. The fourth-order valence-corrected chi connectivity index (χ4v) is 3.38. The van der Waals surface area contributed by atoms with Crippen LogP contribution >= 0.6 is 0 Å². The van der Waals surface area contributed by atoms with Crippen molar-refractivity contribution in [3.8, 4) is 0 Å². The smallest absolute Gasteiger partial charge is 0.317 e. The summed E-state index contributed by atoms with van der Waals surface area (Å²) in [4.78, 5) is 35.4. The van der Waals surface area contributed by atoms with Gasteiger partial charge in [0.25, 0.3) is 5.91 Å². The minimum atomic E-state index is -0.522. The summed E-state index contributed by atoms with van der Waals surface area (Å²) in [5, 5.41) is 2.60. The third kappa shape index (κ3) is 5.01. The topological polar surface area (TPSA) is 74.1 Å². The first kappa shape index (κ1) is 20.4. The van der Waals surface area contributed by atoms with Crippen LogP contribution in [0.15, 0.2) is 88.9 Å². The zero-order valence-electron chi connectivity index (χ0n) is 16.7. The molecule has 1 unspecified atom stereocenters. The number of aliphatic imine (C=N–C) groups is 2. The van der Waals surface area contributed by atoms with Crippen molar-refractivity contribution in [1.82, 2.24) is 4.90 Å². The Bertz CT molecular complexity index is 1110. The van der Waals surface area contributed by atoms with Crippen LogP contribution in [0.1, 0.15) is 5.56 Å². The predicted molar refractivity (Wildman–Crippen MR) is 119 cm³/mol. The molecule has 7 heteroatoms. The second kappa shape index (κ2) is 9.30. The van der Waals surface area contributed by atoms with Gasteiger partial charge in [0.2, 0.25) is 0 Å². The molecule has 2 aromatic rings. The number of halogens is 1. The van der Waals surface area contributed by atoms with E-state index in [9.17, 15) is 14.0 Å². The van der Waals surface area contributed by atoms with Gasteiger partial charge in [-0.3, -0.25) is 4.79 Å². The highest BCUT2D eigenvalue weighted by atomic mass is 19.1. The number of allylic oxidation sites excluding steroid dienone is 3. The number of hydrogen-bond donors (Lipinski definition) is 1. The molecule has 0 fully saturated rings. The molecule has 31 heavy (non-hydrogen) atoms. The van der Waals surface area contributed by atoms with E-state index in [-0.39, 0.29) is 24.0 Å². The zero-order valence-corrected chi connectivity index (χ0v) is 16.7. The molecule has 1 heterocycles. The molecule has 1 aliphatic heterocycles. The lowest BCUT2D eigenvalue weighted by molar-refractivity contribution is -0.118. The number of hydrogen-bond acceptors (Lipinski definition) is 3. The lowest BCUT2D eigenvalue weighted by atomic mass is 9.96. The van der Waals surface area contributed by atoms with Crippen molar-refractivity contribution in [2.24, 2.45) is 15.9 Å². The molecule has 2 aliphatic rings. The Hall–Kier alpha value is -3.87. The molecule has 0 aromatic heterocycles. The Labute approximate surface area is 179 Å². The minimum Gasteiger partial charge on any atom is -0.317 e. The van der Waals surface area contributed by atoms with Crippen LogP contribution in [0.3, 0.4) is 0 Å². The van der Waals surface area contributed by atoms with Gasteiger partial charge >= 0.3 is 6.03 Å². The number of anilines is 1. The summed E-state index contributed by atoms with van der Waals surface area (Å²) in [7, 11) is 0. The van der Waals surface area contributed by atoms with Gasteiger partial charge in [-0.1, -0.05) is 60.7 Å². The summed E-state index contributed by atoms with van der Waals surface area (Å²) in [5.74, 6) is -1.05. The molecular weight excluding hydrogens is 395 g/mol. The first-order valence-electron chi connectivity index (χ1n) is 9.99. The van der Waals surface area contributed by atoms with E-state index in [1.807, 2.05) is 36.4 Å². The lowest BCUT2D eigenvalue weighted by Crippen LogP contribution is -2.41. The predicted octanol–water partition coefficient (Wildman–Crippen LogP) is 4.02. The van der Waals surface area contributed by atoms with Gasteiger partial charge in [0.05, 0.1) is 17.9 Å². The Morgan fingerprint density at radius 1 is 1.03 bits per heavy atom. The molecule has 156 valence electrons. The van der Waals surface area contributed by atoms with Crippen LogP contribution in [0.4, 0.5) is 14.9 Å². The van der Waals surface area contributed by atoms with Crippen molar-refractivity contribution >= 4 is 29.2 Å². The van der Waals surface area contributed by atoms with Gasteiger partial charge in [0.15, 0.2) is 5.84 Å². The Balaban J connectivity index is 1.53. The second-order valence-electron chi connectivity index (χ2n) is 7.19. The minimum absolute atomic E-state index is 0.0344. The average Bonchev–Trinajstić information content (AvgIpc) is 2.79. The number of amidine groups is 1. The quantitative estimate of drug-likeness (QED) is 0.772. The van der Waals surface area contributed by atoms with Crippen LogP contribution in [0, 0.1) is 11.7 Å². The molecule has 0 bridgehead atoms. The Morgan fingerprint density at radius 2 is 1.81 bits per heavy atom. The summed E-state index contributed by atoms with van der Waals surface area (Å²) in [5.41, 5.74) is 1.75. The van der Waals surface area contributed by atoms with Gasteiger partial charge in [-0.05, 0) is 30.2 Å². The maximum absolute atomic E-state index is 14.0. The van der Waals surface area contributed by atoms with Crippen LogP contribution in [-0.2, 0) is 11.2 Å². The van der Waals surface area contributed by atoms with E-state index in [1.165, 1.54) is 17.0 Å². The summed E-state index contributed by atoms with van der Waals surface area (Å²) < 4.78 is 14.0. The van der Waals surface area contributed by atoms with E-state index in [1.54, 1.807) is 30.4 Å².